The molecule has 0 radical (unpaired) electrons. The van der Waals surface area contributed by atoms with E-state index in [0.29, 0.717) is 17.5 Å². The molecule has 0 fully saturated rings. The van der Waals surface area contributed by atoms with Crippen LogP contribution in [0.4, 0.5) is 0 Å². The summed E-state index contributed by atoms with van der Waals surface area (Å²) in [5.41, 5.74) is 1.81. The Bertz CT molecular complexity index is 510. The van der Waals surface area contributed by atoms with Gasteiger partial charge in [-0.2, -0.15) is 0 Å². The van der Waals surface area contributed by atoms with Crippen LogP contribution >= 0.6 is 11.6 Å². The minimum Gasteiger partial charge on any atom is -0.388 e. The molecule has 4 nitrogen and oxygen atoms in total. The van der Waals surface area contributed by atoms with Gasteiger partial charge in [0.15, 0.2) is 0 Å². The number of aromatic nitrogens is 2. The summed E-state index contributed by atoms with van der Waals surface area (Å²) >= 11 is 5.98. The topological polar surface area (TPSA) is 47.3 Å². The maximum atomic E-state index is 9.30. The Balaban J connectivity index is 2.38. The third-order valence-electron chi connectivity index (χ3n) is 2.66. The molecule has 0 saturated heterocycles. The highest BCUT2D eigenvalue weighted by atomic mass is 35.5. The molecule has 0 aliphatic carbocycles. The van der Waals surface area contributed by atoms with Crippen LogP contribution in [0.1, 0.15) is 12.2 Å². The molecule has 1 aromatic carbocycles. The molecule has 2 rings (SSSR count). The van der Waals surface area contributed by atoms with Crippen LogP contribution in [0.3, 0.4) is 0 Å². The number of nitrogens with zero attached hydrogens (tertiary/aromatic N) is 2. The van der Waals surface area contributed by atoms with Gasteiger partial charge < -0.3 is 14.4 Å². The van der Waals surface area contributed by atoms with E-state index in [1.54, 1.807) is 13.2 Å². The summed E-state index contributed by atoms with van der Waals surface area (Å²) in [6.07, 6.45) is 0.876. The van der Waals surface area contributed by atoms with Gasteiger partial charge in [-0.05, 0) is 24.6 Å². The summed E-state index contributed by atoms with van der Waals surface area (Å²) in [7, 11) is 1.68. The van der Waals surface area contributed by atoms with E-state index in [1.165, 1.54) is 0 Å². The molecule has 0 unspecified atom stereocenters. The van der Waals surface area contributed by atoms with Gasteiger partial charge >= 0.3 is 0 Å². The molecular formula is C12H15ClN2O2. The van der Waals surface area contributed by atoms with Gasteiger partial charge in [-0.1, -0.05) is 11.6 Å². The number of aliphatic hydroxyl groups is 1. The number of rotatable bonds is 5. The van der Waals surface area contributed by atoms with Crippen LogP contribution in [0, 0.1) is 0 Å². The molecule has 0 aliphatic heterocycles. The molecule has 1 heterocycles. The Hall–Kier alpha value is -1.10. The molecular weight excluding hydrogens is 240 g/mol. The maximum absolute atomic E-state index is 9.30. The molecule has 5 heteroatoms. The molecule has 0 amide bonds. The molecule has 92 valence electrons. The van der Waals surface area contributed by atoms with Crippen molar-refractivity contribution < 1.29 is 9.84 Å². The predicted molar refractivity (Wildman–Crippen MR) is 67.2 cm³/mol. The molecule has 2 aromatic rings. The first-order valence-corrected chi connectivity index (χ1v) is 5.88. The van der Waals surface area contributed by atoms with E-state index in [-0.39, 0.29) is 6.61 Å². The van der Waals surface area contributed by atoms with Gasteiger partial charge in [0.2, 0.25) is 0 Å². The lowest BCUT2D eigenvalue weighted by molar-refractivity contribution is 0.189. The molecule has 17 heavy (non-hydrogen) atoms. The predicted octanol–water partition coefficient (Wildman–Crippen LogP) is 2.22. The number of benzene rings is 1. The lowest BCUT2D eigenvalue weighted by Crippen LogP contribution is -2.06. The van der Waals surface area contributed by atoms with Gasteiger partial charge in [0, 0.05) is 25.3 Å². The number of aliphatic hydroxyl groups excluding tert-OH is 1. The van der Waals surface area contributed by atoms with E-state index < -0.39 is 0 Å². The van der Waals surface area contributed by atoms with E-state index in [9.17, 15) is 5.11 Å². The monoisotopic (exact) mass is 254 g/mol. The van der Waals surface area contributed by atoms with Crippen molar-refractivity contribution in [3.8, 4) is 0 Å². The first-order chi connectivity index (χ1) is 8.26. The number of fused-ring (bicyclic) bond motifs is 1. The molecule has 0 spiro atoms. The van der Waals surface area contributed by atoms with Gasteiger partial charge in [0.25, 0.3) is 0 Å². The van der Waals surface area contributed by atoms with Crippen molar-refractivity contribution in [1.82, 2.24) is 9.55 Å². The van der Waals surface area contributed by atoms with E-state index in [0.717, 1.165) is 24.0 Å². The molecule has 0 bridgehead atoms. The van der Waals surface area contributed by atoms with Crippen LogP contribution in [-0.2, 0) is 17.9 Å². The van der Waals surface area contributed by atoms with Crippen LogP contribution in [0.5, 0.6) is 0 Å². The number of hydrogen-bond donors (Lipinski definition) is 1. The normalized spacial score (nSPS) is 11.2. The number of halogens is 1. The average molecular weight is 255 g/mol. The van der Waals surface area contributed by atoms with Crippen molar-refractivity contribution in [2.75, 3.05) is 13.7 Å². The van der Waals surface area contributed by atoms with E-state index in [4.69, 9.17) is 16.3 Å². The van der Waals surface area contributed by atoms with Crippen molar-refractivity contribution in [3.63, 3.8) is 0 Å². The second kappa shape index (κ2) is 5.49. The lowest BCUT2D eigenvalue weighted by Gasteiger charge is -2.07. The van der Waals surface area contributed by atoms with Gasteiger partial charge in [-0.15, -0.1) is 0 Å². The van der Waals surface area contributed by atoms with Crippen molar-refractivity contribution in [3.05, 3.63) is 29.0 Å². The summed E-state index contributed by atoms with van der Waals surface area (Å²) in [5.74, 6) is 0.665. The third-order valence-corrected chi connectivity index (χ3v) is 2.90. The van der Waals surface area contributed by atoms with Gasteiger partial charge in [0.1, 0.15) is 12.4 Å². The first kappa shape index (κ1) is 12.4. The van der Waals surface area contributed by atoms with Crippen molar-refractivity contribution >= 4 is 22.6 Å². The van der Waals surface area contributed by atoms with E-state index >= 15 is 0 Å². The molecule has 0 aliphatic rings. The van der Waals surface area contributed by atoms with Gasteiger partial charge in [-0.3, -0.25) is 0 Å². The smallest absolute Gasteiger partial charge is 0.135 e. The van der Waals surface area contributed by atoms with Crippen LogP contribution in [0.15, 0.2) is 18.2 Å². The van der Waals surface area contributed by atoms with Crippen molar-refractivity contribution in [2.24, 2.45) is 0 Å². The highest BCUT2D eigenvalue weighted by molar-refractivity contribution is 6.31. The quantitative estimate of drug-likeness (QED) is 0.833. The largest absolute Gasteiger partial charge is 0.388 e. The van der Waals surface area contributed by atoms with Crippen LogP contribution < -0.4 is 0 Å². The zero-order valence-corrected chi connectivity index (χ0v) is 10.4. The highest BCUT2D eigenvalue weighted by Crippen LogP contribution is 2.21. The van der Waals surface area contributed by atoms with Gasteiger partial charge in [-0.25, -0.2) is 4.98 Å². The fourth-order valence-electron chi connectivity index (χ4n) is 1.88. The highest BCUT2D eigenvalue weighted by Gasteiger charge is 2.09. The number of hydrogen-bond acceptors (Lipinski definition) is 3. The zero-order chi connectivity index (χ0) is 12.3. The van der Waals surface area contributed by atoms with E-state index in [1.807, 2.05) is 16.7 Å². The second-order valence-electron chi connectivity index (χ2n) is 3.82. The summed E-state index contributed by atoms with van der Waals surface area (Å²) < 4.78 is 7.01. The third kappa shape index (κ3) is 2.60. The van der Waals surface area contributed by atoms with Crippen LogP contribution in [0.2, 0.25) is 5.02 Å². The average Bonchev–Trinajstić information content (AvgIpc) is 2.67. The Kier molecular flexibility index (Phi) is 3.99. The maximum Gasteiger partial charge on any atom is 0.135 e. The molecule has 1 aromatic heterocycles. The summed E-state index contributed by atoms with van der Waals surface area (Å²) in [6.45, 7) is 1.38. The van der Waals surface area contributed by atoms with Gasteiger partial charge in [0.05, 0.1) is 11.0 Å². The summed E-state index contributed by atoms with van der Waals surface area (Å²) in [4.78, 5) is 4.36. The Morgan fingerprint density at radius 1 is 1.47 bits per heavy atom. The van der Waals surface area contributed by atoms with Crippen molar-refractivity contribution in [1.29, 1.82) is 0 Å². The van der Waals surface area contributed by atoms with Crippen LogP contribution in [0.25, 0.3) is 11.0 Å². The Labute approximate surface area is 105 Å². The Morgan fingerprint density at radius 3 is 3.00 bits per heavy atom. The standard InChI is InChI=1S/C12H15ClN2O2/c1-17-6-2-5-15-11-7-9(13)3-4-10(11)14-12(15)8-16/h3-4,7,16H,2,5-6,8H2,1H3. The fourth-order valence-corrected chi connectivity index (χ4v) is 2.05. The van der Waals surface area contributed by atoms with Crippen LogP contribution in [-0.4, -0.2) is 28.4 Å². The molecule has 0 atom stereocenters. The number of ether oxygens (including phenoxy) is 1. The minimum atomic E-state index is -0.0702. The molecule has 0 saturated carbocycles. The minimum absolute atomic E-state index is 0.0702. The number of methoxy groups -OCH3 is 1. The number of imidazole rings is 1. The lowest BCUT2D eigenvalue weighted by atomic mass is 10.3. The first-order valence-electron chi connectivity index (χ1n) is 5.50. The number of aryl methyl sites for hydroxylation is 1. The summed E-state index contributed by atoms with van der Waals surface area (Å²) in [6, 6.07) is 5.54. The summed E-state index contributed by atoms with van der Waals surface area (Å²) in [5, 5.41) is 9.97. The zero-order valence-electron chi connectivity index (χ0n) is 9.69. The second-order valence-corrected chi connectivity index (χ2v) is 4.25. The SMILES string of the molecule is COCCCn1c(CO)nc2ccc(Cl)cc21. The Morgan fingerprint density at radius 2 is 2.29 bits per heavy atom. The fraction of sp³-hybridized carbons (Fsp3) is 0.417. The van der Waals surface area contributed by atoms with E-state index in [2.05, 4.69) is 4.98 Å². The molecule has 1 N–H and O–H groups in total. The van der Waals surface area contributed by atoms with Crippen molar-refractivity contribution in [2.45, 2.75) is 19.6 Å².